The van der Waals surface area contributed by atoms with Gasteiger partial charge in [0.2, 0.25) is 0 Å². The third-order valence-electron chi connectivity index (χ3n) is 3.49. The van der Waals surface area contributed by atoms with Gasteiger partial charge in [0.15, 0.2) is 10.9 Å². The molecule has 24 heavy (non-hydrogen) atoms. The first-order valence-corrected chi connectivity index (χ1v) is 8.33. The summed E-state index contributed by atoms with van der Waals surface area (Å²) in [4.78, 5) is 8.83. The number of anilines is 2. The van der Waals surface area contributed by atoms with Crippen LogP contribution in [0.1, 0.15) is 5.56 Å². The minimum Gasteiger partial charge on any atom is -0.354 e. The molecule has 3 aromatic heterocycles. The largest absolute Gasteiger partial charge is 0.354 e. The molecule has 0 spiro atoms. The quantitative estimate of drug-likeness (QED) is 0.574. The molecule has 0 radical (unpaired) electrons. The van der Waals surface area contributed by atoms with Crippen LogP contribution in [-0.2, 0) is 0 Å². The van der Waals surface area contributed by atoms with E-state index in [1.807, 2.05) is 60.8 Å². The summed E-state index contributed by atoms with van der Waals surface area (Å²) in [5.74, 6) is 1.42. The molecule has 0 aliphatic carbocycles. The van der Waals surface area contributed by atoms with Crippen molar-refractivity contribution in [1.82, 2.24) is 15.1 Å². The van der Waals surface area contributed by atoms with E-state index < -0.39 is 0 Å². The monoisotopic (exact) mass is 334 g/mol. The van der Waals surface area contributed by atoms with E-state index >= 15 is 0 Å². The predicted octanol–water partition coefficient (Wildman–Crippen LogP) is 4.91. The minimum atomic E-state index is 0.648. The lowest BCUT2D eigenvalue weighted by molar-refractivity contribution is 0.434. The maximum absolute atomic E-state index is 5.44. The lowest BCUT2D eigenvalue weighted by atomic mass is 10.1. The van der Waals surface area contributed by atoms with Gasteiger partial charge in [-0.25, -0.2) is 9.97 Å². The Kier molecular flexibility index (Phi) is 3.80. The summed E-state index contributed by atoms with van der Waals surface area (Å²) in [6, 6.07) is 15.8. The molecule has 0 atom stereocenters. The molecular formula is C18H14N4OS. The number of hydrogen-bond acceptors (Lipinski definition) is 6. The molecule has 0 saturated heterocycles. The summed E-state index contributed by atoms with van der Waals surface area (Å²) in [5, 5.41) is 10.0. The first-order chi connectivity index (χ1) is 11.8. The molecule has 1 aromatic carbocycles. The number of thiazole rings is 1. The van der Waals surface area contributed by atoms with Gasteiger partial charge in [0.1, 0.15) is 17.2 Å². The highest BCUT2D eigenvalue weighted by Gasteiger charge is 2.12. The van der Waals surface area contributed by atoms with Crippen LogP contribution >= 0.6 is 11.3 Å². The zero-order valence-corrected chi connectivity index (χ0v) is 13.7. The van der Waals surface area contributed by atoms with Gasteiger partial charge in [0.05, 0.1) is 0 Å². The summed E-state index contributed by atoms with van der Waals surface area (Å²) in [6.45, 7) is 2.03. The molecule has 4 aromatic rings. The van der Waals surface area contributed by atoms with E-state index in [0.29, 0.717) is 5.76 Å². The lowest BCUT2D eigenvalue weighted by Crippen LogP contribution is -1.92. The maximum atomic E-state index is 5.44. The molecule has 0 amide bonds. The van der Waals surface area contributed by atoms with Crippen molar-refractivity contribution < 1.29 is 4.52 Å². The van der Waals surface area contributed by atoms with Crippen molar-refractivity contribution in [3.05, 3.63) is 65.7 Å². The van der Waals surface area contributed by atoms with E-state index in [1.165, 1.54) is 11.3 Å². The first kappa shape index (κ1) is 14.6. The number of aromatic nitrogens is 3. The summed E-state index contributed by atoms with van der Waals surface area (Å²) in [5.41, 5.74) is 3.72. The van der Waals surface area contributed by atoms with E-state index in [1.54, 1.807) is 6.20 Å². The number of benzene rings is 1. The number of nitrogens with one attached hydrogen (secondary N) is 1. The average molecular weight is 334 g/mol. The Bertz CT molecular complexity index is 962. The highest BCUT2D eigenvalue weighted by Crippen LogP contribution is 2.29. The molecule has 5 nitrogen and oxygen atoms in total. The Labute approximate surface area is 143 Å². The van der Waals surface area contributed by atoms with Crippen molar-refractivity contribution in [2.75, 3.05) is 5.32 Å². The van der Waals surface area contributed by atoms with Gasteiger partial charge in [-0.3, -0.25) is 0 Å². The van der Waals surface area contributed by atoms with Gasteiger partial charge >= 0.3 is 0 Å². The van der Waals surface area contributed by atoms with Gasteiger partial charge in [-0.2, -0.15) is 0 Å². The summed E-state index contributed by atoms with van der Waals surface area (Å²) in [6.07, 6.45) is 1.77. The average Bonchev–Trinajstić information content (AvgIpc) is 3.25. The van der Waals surface area contributed by atoms with Gasteiger partial charge < -0.3 is 9.84 Å². The molecule has 0 aliphatic heterocycles. The van der Waals surface area contributed by atoms with Crippen LogP contribution in [0.2, 0.25) is 0 Å². The molecule has 4 rings (SSSR count). The van der Waals surface area contributed by atoms with Crippen molar-refractivity contribution in [3.8, 4) is 22.7 Å². The molecule has 1 N–H and O–H groups in total. The van der Waals surface area contributed by atoms with E-state index in [4.69, 9.17) is 4.52 Å². The zero-order valence-electron chi connectivity index (χ0n) is 12.9. The highest BCUT2D eigenvalue weighted by molar-refractivity contribution is 7.14. The number of pyridine rings is 1. The fourth-order valence-corrected chi connectivity index (χ4v) is 3.01. The van der Waals surface area contributed by atoms with Crippen LogP contribution in [0.25, 0.3) is 22.7 Å². The van der Waals surface area contributed by atoms with Crippen molar-refractivity contribution in [1.29, 1.82) is 0 Å². The molecule has 0 fully saturated rings. The van der Waals surface area contributed by atoms with Gasteiger partial charge in [0, 0.05) is 23.2 Å². The minimum absolute atomic E-state index is 0.648. The Morgan fingerprint density at radius 3 is 2.75 bits per heavy atom. The molecule has 0 saturated carbocycles. The highest BCUT2D eigenvalue weighted by atomic mass is 32.1. The van der Waals surface area contributed by atoms with E-state index in [2.05, 4.69) is 20.4 Å². The number of hydrogen-bond donors (Lipinski definition) is 1. The van der Waals surface area contributed by atoms with Gasteiger partial charge in [-0.1, -0.05) is 35.5 Å². The van der Waals surface area contributed by atoms with E-state index in [0.717, 1.165) is 33.5 Å². The first-order valence-electron chi connectivity index (χ1n) is 7.46. The van der Waals surface area contributed by atoms with Crippen LogP contribution < -0.4 is 5.32 Å². The Morgan fingerprint density at radius 1 is 1.04 bits per heavy atom. The molecule has 0 unspecified atom stereocenters. The zero-order chi connectivity index (χ0) is 16.4. The van der Waals surface area contributed by atoms with Gasteiger partial charge in [-0.05, 0) is 24.6 Å². The van der Waals surface area contributed by atoms with Crippen molar-refractivity contribution >= 4 is 22.3 Å². The normalized spacial score (nSPS) is 10.7. The van der Waals surface area contributed by atoms with Crippen LogP contribution in [0.3, 0.4) is 0 Å². The van der Waals surface area contributed by atoms with Crippen LogP contribution in [0.4, 0.5) is 10.9 Å². The fourth-order valence-electron chi connectivity index (χ4n) is 2.30. The SMILES string of the molecule is Cc1ccnc(Nc2nc(-c3cc(-c4ccccc4)no3)cs2)c1. The predicted molar refractivity (Wildman–Crippen MR) is 95.3 cm³/mol. The second kappa shape index (κ2) is 6.25. The van der Waals surface area contributed by atoms with Crippen molar-refractivity contribution in [2.45, 2.75) is 6.92 Å². The van der Waals surface area contributed by atoms with E-state index in [-0.39, 0.29) is 0 Å². The van der Waals surface area contributed by atoms with Crippen LogP contribution in [0, 0.1) is 6.92 Å². The van der Waals surface area contributed by atoms with Gasteiger partial charge in [0.25, 0.3) is 0 Å². The van der Waals surface area contributed by atoms with E-state index in [9.17, 15) is 0 Å². The summed E-state index contributed by atoms with van der Waals surface area (Å²) >= 11 is 1.50. The number of nitrogens with zero attached hydrogens (tertiary/aromatic N) is 3. The third-order valence-corrected chi connectivity index (χ3v) is 4.24. The Hall–Kier alpha value is -2.99. The molecule has 118 valence electrons. The topological polar surface area (TPSA) is 63.8 Å². The molecule has 6 heteroatoms. The number of rotatable bonds is 4. The Balaban J connectivity index is 1.56. The molecule has 0 aliphatic rings. The van der Waals surface area contributed by atoms with Crippen molar-refractivity contribution in [3.63, 3.8) is 0 Å². The molecule has 3 heterocycles. The van der Waals surface area contributed by atoms with Gasteiger partial charge in [-0.15, -0.1) is 11.3 Å². The smallest absolute Gasteiger partial charge is 0.188 e. The van der Waals surface area contributed by atoms with Crippen molar-refractivity contribution in [2.24, 2.45) is 0 Å². The summed E-state index contributed by atoms with van der Waals surface area (Å²) in [7, 11) is 0. The second-order valence-electron chi connectivity index (χ2n) is 5.32. The standard InChI is InChI=1S/C18H14N4OS/c1-12-7-8-19-17(9-12)21-18-20-15(11-24-18)16-10-14(22-23-16)13-5-3-2-4-6-13/h2-11H,1H3,(H,19,20,21). The third kappa shape index (κ3) is 3.04. The molecular weight excluding hydrogens is 320 g/mol. The summed E-state index contributed by atoms with van der Waals surface area (Å²) < 4.78 is 5.44. The number of aryl methyl sites for hydroxylation is 1. The lowest BCUT2D eigenvalue weighted by Gasteiger charge is -2.01. The Morgan fingerprint density at radius 2 is 1.92 bits per heavy atom. The van der Waals surface area contributed by atoms with Crippen LogP contribution in [0.15, 0.2) is 64.6 Å². The fraction of sp³-hybridized carbons (Fsp3) is 0.0556. The van der Waals surface area contributed by atoms with Crippen LogP contribution in [0.5, 0.6) is 0 Å². The van der Waals surface area contributed by atoms with Crippen LogP contribution in [-0.4, -0.2) is 15.1 Å². The molecule has 0 bridgehead atoms. The second-order valence-corrected chi connectivity index (χ2v) is 6.18. The maximum Gasteiger partial charge on any atom is 0.188 e.